The summed E-state index contributed by atoms with van der Waals surface area (Å²) in [5, 5.41) is 10.7. The molecular formula is C29H26F5N5OS2. The number of imidazole rings is 1. The molecule has 42 heavy (non-hydrogen) atoms. The van der Waals surface area contributed by atoms with Gasteiger partial charge in [0.15, 0.2) is 17.3 Å². The number of rotatable bonds is 8. The van der Waals surface area contributed by atoms with E-state index in [1.54, 1.807) is 24.4 Å². The van der Waals surface area contributed by atoms with Crippen molar-refractivity contribution in [1.82, 2.24) is 19.9 Å². The van der Waals surface area contributed by atoms with Gasteiger partial charge in [0.05, 0.1) is 29.7 Å². The van der Waals surface area contributed by atoms with Gasteiger partial charge in [-0.05, 0) is 49.6 Å². The van der Waals surface area contributed by atoms with E-state index >= 15 is 4.39 Å². The minimum Gasteiger partial charge on any atom is -0.382 e. The van der Waals surface area contributed by atoms with Crippen molar-refractivity contribution in [3.05, 3.63) is 82.7 Å². The number of carbonyl (C=O) groups is 1. The predicted octanol–water partition coefficient (Wildman–Crippen LogP) is 6.92. The molecule has 2 aliphatic rings. The van der Waals surface area contributed by atoms with Crippen LogP contribution in [0.1, 0.15) is 46.4 Å². The Morgan fingerprint density at radius 1 is 1.12 bits per heavy atom. The Morgan fingerprint density at radius 2 is 1.88 bits per heavy atom. The summed E-state index contributed by atoms with van der Waals surface area (Å²) in [6, 6.07) is 11.1. The molecule has 0 spiro atoms. The van der Waals surface area contributed by atoms with Crippen LogP contribution in [-0.4, -0.2) is 50.8 Å². The third kappa shape index (κ3) is 5.56. The highest BCUT2D eigenvalue weighted by molar-refractivity contribution is 8.20. The Morgan fingerprint density at radius 3 is 2.57 bits per heavy atom. The Kier molecular flexibility index (Phi) is 7.58. The molecule has 1 saturated carbocycles. The second-order valence-corrected chi connectivity index (χ2v) is 13.2. The SMILES string of the molecule is Cc1cc(-c2cnc3c(NCCC(F)(F)F)cc(C4(c5cccc(F)c5F)SCCS4)nn23)ccc1C(=O)NC1CC1. The number of amides is 1. The maximum atomic E-state index is 15.2. The Labute approximate surface area is 246 Å². The smallest absolute Gasteiger partial charge is 0.382 e. The summed E-state index contributed by atoms with van der Waals surface area (Å²) < 4.78 is 69.0. The first-order valence-corrected chi connectivity index (χ1v) is 15.4. The van der Waals surface area contributed by atoms with Crippen molar-refractivity contribution in [2.24, 2.45) is 0 Å². The van der Waals surface area contributed by atoms with E-state index in [0.29, 0.717) is 34.0 Å². The van der Waals surface area contributed by atoms with Crippen LogP contribution in [-0.2, 0) is 4.08 Å². The largest absolute Gasteiger partial charge is 0.390 e. The molecule has 4 aromatic rings. The number of aromatic nitrogens is 3. The molecule has 0 radical (unpaired) electrons. The van der Waals surface area contributed by atoms with Gasteiger partial charge < -0.3 is 10.6 Å². The fourth-order valence-electron chi connectivity index (χ4n) is 4.98. The summed E-state index contributed by atoms with van der Waals surface area (Å²) >= 11 is 2.79. The summed E-state index contributed by atoms with van der Waals surface area (Å²) in [7, 11) is 0. The maximum Gasteiger partial charge on any atom is 0.390 e. The Hall–Kier alpha value is -3.32. The molecule has 2 aromatic heterocycles. The summed E-state index contributed by atoms with van der Waals surface area (Å²) in [6.07, 6.45) is -1.94. The first-order valence-electron chi connectivity index (χ1n) is 13.4. The lowest BCUT2D eigenvalue weighted by Gasteiger charge is -2.28. The molecule has 220 valence electrons. The van der Waals surface area contributed by atoms with Gasteiger partial charge >= 0.3 is 6.18 Å². The van der Waals surface area contributed by atoms with Gasteiger partial charge in [0, 0.05) is 40.8 Å². The van der Waals surface area contributed by atoms with Gasteiger partial charge in [-0.3, -0.25) is 4.79 Å². The van der Waals surface area contributed by atoms with Crippen LogP contribution in [0.4, 0.5) is 27.6 Å². The first kappa shape index (κ1) is 28.8. The number of fused-ring (bicyclic) bond motifs is 1. The zero-order chi connectivity index (χ0) is 29.6. The lowest BCUT2D eigenvalue weighted by molar-refractivity contribution is -0.131. The number of nitrogens with zero attached hydrogens (tertiary/aromatic N) is 3. The molecule has 1 aliphatic carbocycles. The van der Waals surface area contributed by atoms with E-state index < -0.39 is 34.9 Å². The maximum absolute atomic E-state index is 15.2. The van der Waals surface area contributed by atoms with Gasteiger partial charge in [0.1, 0.15) is 4.08 Å². The number of anilines is 1. The number of carbonyl (C=O) groups excluding carboxylic acids is 1. The van der Waals surface area contributed by atoms with Crippen molar-refractivity contribution in [2.45, 2.75) is 42.5 Å². The van der Waals surface area contributed by atoms with Crippen molar-refractivity contribution in [3.63, 3.8) is 0 Å². The summed E-state index contributed by atoms with van der Waals surface area (Å²) in [5.74, 6) is -0.857. The molecule has 1 saturated heterocycles. The molecule has 3 heterocycles. The molecule has 6 nitrogen and oxygen atoms in total. The lowest BCUT2D eigenvalue weighted by Crippen LogP contribution is -2.26. The van der Waals surface area contributed by atoms with E-state index in [-0.39, 0.29) is 28.8 Å². The molecule has 1 aliphatic heterocycles. The summed E-state index contributed by atoms with van der Waals surface area (Å²) in [6.45, 7) is 1.42. The van der Waals surface area contributed by atoms with Crippen LogP contribution in [0.3, 0.4) is 0 Å². The van der Waals surface area contributed by atoms with Crippen molar-refractivity contribution in [3.8, 4) is 11.3 Å². The third-order valence-corrected chi connectivity index (χ3v) is 10.7. The zero-order valence-corrected chi connectivity index (χ0v) is 24.0. The second kappa shape index (κ2) is 11.1. The zero-order valence-electron chi connectivity index (χ0n) is 22.4. The molecule has 0 atom stereocenters. The summed E-state index contributed by atoms with van der Waals surface area (Å²) in [5.41, 5.74) is 3.52. The number of benzene rings is 2. The normalized spacial score (nSPS) is 16.6. The lowest BCUT2D eigenvalue weighted by atomic mass is 10.0. The van der Waals surface area contributed by atoms with E-state index in [4.69, 9.17) is 5.10 Å². The molecule has 1 amide bonds. The molecule has 2 aromatic carbocycles. The van der Waals surface area contributed by atoms with E-state index in [0.717, 1.165) is 24.5 Å². The number of nitrogens with one attached hydrogen (secondary N) is 2. The summed E-state index contributed by atoms with van der Waals surface area (Å²) in [4.78, 5) is 17.1. The minimum absolute atomic E-state index is 0.103. The van der Waals surface area contributed by atoms with Crippen LogP contribution in [0.5, 0.6) is 0 Å². The molecule has 0 unspecified atom stereocenters. The standard InChI is InChI=1S/C29H26F5N5OS2/c1-16-13-17(5-8-19(16)27(40)37-18-6-7-18)23-15-36-26-22(35-10-9-28(32,33)34)14-24(38-39(23)26)29(41-11-12-42-29)20-3-2-4-21(30)25(20)31/h2-5,8,13-15,18,35H,6-7,9-12H2,1H3,(H,37,40). The van der Waals surface area contributed by atoms with Crippen molar-refractivity contribution in [2.75, 3.05) is 23.4 Å². The van der Waals surface area contributed by atoms with Gasteiger partial charge in [-0.2, -0.15) is 18.3 Å². The number of aryl methyl sites for hydroxylation is 1. The van der Waals surface area contributed by atoms with E-state index in [2.05, 4.69) is 15.6 Å². The van der Waals surface area contributed by atoms with Gasteiger partial charge in [0.2, 0.25) is 0 Å². The number of hydrogen-bond donors (Lipinski definition) is 2. The highest BCUT2D eigenvalue weighted by atomic mass is 32.2. The topological polar surface area (TPSA) is 71.3 Å². The van der Waals surface area contributed by atoms with Crippen LogP contribution in [0.15, 0.2) is 48.7 Å². The van der Waals surface area contributed by atoms with Gasteiger partial charge in [0.25, 0.3) is 5.91 Å². The quantitative estimate of drug-likeness (QED) is 0.209. The minimum atomic E-state index is -4.37. The van der Waals surface area contributed by atoms with E-state index in [9.17, 15) is 22.4 Å². The van der Waals surface area contributed by atoms with Crippen molar-refractivity contribution < 1.29 is 26.7 Å². The number of halogens is 5. The predicted molar refractivity (Wildman–Crippen MR) is 155 cm³/mol. The Balaban J connectivity index is 1.47. The average molecular weight is 620 g/mol. The highest BCUT2D eigenvalue weighted by Gasteiger charge is 2.44. The average Bonchev–Trinajstić information content (AvgIpc) is 3.42. The van der Waals surface area contributed by atoms with Crippen molar-refractivity contribution >= 4 is 40.8 Å². The van der Waals surface area contributed by atoms with Crippen LogP contribution < -0.4 is 10.6 Å². The molecule has 6 rings (SSSR count). The number of alkyl halides is 3. The van der Waals surface area contributed by atoms with Crippen LogP contribution >= 0.6 is 23.5 Å². The number of thioether (sulfide) groups is 2. The first-order chi connectivity index (χ1) is 20.1. The molecule has 2 fully saturated rings. The number of hydrogen-bond acceptors (Lipinski definition) is 6. The monoisotopic (exact) mass is 619 g/mol. The van der Waals surface area contributed by atoms with Gasteiger partial charge in [-0.15, -0.1) is 23.5 Å². The molecule has 13 heteroatoms. The molecule has 2 N–H and O–H groups in total. The second-order valence-electron chi connectivity index (χ2n) is 10.3. The van der Waals surface area contributed by atoms with Gasteiger partial charge in [-0.1, -0.05) is 18.2 Å². The van der Waals surface area contributed by atoms with Crippen LogP contribution in [0.25, 0.3) is 16.9 Å². The van der Waals surface area contributed by atoms with Gasteiger partial charge in [-0.25, -0.2) is 18.3 Å². The molecular weight excluding hydrogens is 593 g/mol. The van der Waals surface area contributed by atoms with E-state index in [1.165, 1.54) is 40.2 Å². The molecule has 0 bridgehead atoms. The van der Waals surface area contributed by atoms with Crippen LogP contribution in [0.2, 0.25) is 0 Å². The van der Waals surface area contributed by atoms with Crippen molar-refractivity contribution in [1.29, 1.82) is 0 Å². The van der Waals surface area contributed by atoms with E-state index in [1.807, 2.05) is 13.0 Å². The third-order valence-electron chi connectivity index (χ3n) is 7.21. The fourth-order valence-corrected chi connectivity index (χ4v) is 8.17. The Bertz CT molecular complexity index is 1660. The fraction of sp³-hybridized carbons (Fsp3) is 0.345. The van der Waals surface area contributed by atoms with Crippen LogP contribution in [0, 0.1) is 18.6 Å². The highest BCUT2D eigenvalue weighted by Crippen LogP contribution is 2.57.